The Balaban J connectivity index is 1.76. The summed E-state index contributed by atoms with van der Waals surface area (Å²) in [6, 6.07) is 11.9. The Kier molecular flexibility index (Phi) is 5.00. The third-order valence-corrected chi connectivity index (χ3v) is 3.61. The van der Waals surface area contributed by atoms with E-state index in [1.165, 1.54) is 0 Å². The van der Waals surface area contributed by atoms with Crippen LogP contribution in [0.15, 0.2) is 47.0 Å². The Bertz CT molecular complexity index is 908. The minimum atomic E-state index is -0.523. The second-order valence-electron chi connectivity index (χ2n) is 5.31. The molecule has 0 saturated carbocycles. The van der Waals surface area contributed by atoms with E-state index in [1.54, 1.807) is 49.4 Å². The highest BCUT2D eigenvalue weighted by atomic mass is 35.5. The Morgan fingerprint density at radius 2 is 1.96 bits per heavy atom. The van der Waals surface area contributed by atoms with Crippen LogP contribution in [0.5, 0.6) is 11.5 Å². The van der Waals surface area contributed by atoms with Gasteiger partial charge in [0.1, 0.15) is 17.1 Å². The van der Waals surface area contributed by atoms with Crippen molar-refractivity contribution in [2.24, 2.45) is 0 Å². The van der Waals surface area contributed by atoms with Gasteiger partial charge in [0.2, 0.25) is 11.7 Å². The third-order valence-electron chi connectivity index (χ3n) is 3.37. The van der Waals surface area contributed by atoms with E-state index in [9.17, 15) is 4.79 Å². The first-order valence-corrected chi connectivity index (χ1v) is 7.90. The van der Waals surface area contributed by atoms with Crippen molar-refractivity contribution in [2.75, 3.05) is 0 Å². The number of para-hydroxylation sites is 1. The lowest BCUT2D eigenvalue weighted by Gasteiger charge is -2.11. The summed E-state index contributed by atoms with van der Waals surface area (Å²) in [6.07, 6.45) is 0. The SMILES string of the molecule is Cc1nc(COc2ccccc2C(=O)Oc2ccc(Cl)cc2C)no1. The lowest BCUT2D eigenvalue weighted by Crippen LogP contribution is -2.11. The van der Waals surface area contributed by atoms with Crippen LogP contribution in [0.1, 0.15) is 27.6 Å². The maximum absolute atomic E-state index is 12.5. The van der Waals surface area contributed by atoms with Crippen molar-refractivity contribution in [2.45, 2.75) is 20.5 Å². The topological polar surface area (TPSA) is 74.5 Å². The molecule has 0 saturated heterocycles. The number of halogens is 1. The van der Waals surface area contributed by atoms with Gasteiger partial charge < -0.3 is 14.0 Å². The number of rotatable bonds is 5. The minimum absolute atomic E-state index is 0.0849. The van der Waals surface area contributed by atoms with Gasteiger partial charge in [-0.25, -0.2) is 4.79 Å². The van der Waals surface area contributed by atoms with Crippen LogP contribution >= 0.6 is 11.6 Å². The average Bonchev–Trinajstić information content (AvgIpc) is 3.01. The van der Waals surface area contributed by atoms with Crippen molar-refractivity contribution in [1.29, 1.82) is 0 Å². The van der Waals surface area contributed by atoms with Gasteiger partial charge in [-0.2, -0.15) is 4.98 Å². The summed E-state index contributed by atoms with van der Waals surface area (Å²) in [7, 11) is 0. The van der Waals surface area contributed by atoms with Crippen molar-refractivity contribution in [3.63, 3.8) is 0 Å². The smallest absolute Gasteiger partial charge is 0.347 e. The second kappa shape index (κ2) is 7.36. The first-order valence-electron chi connectivity index (χ1n) is 7.52. The van der Waals surface area contributed by atoms with Crippen molar-refractivity contribution >= 4 is 17.6 Å². The Labute approximate surface area is 149 Å². The van der Waals surface area contributed by atoms with Crippen molar-refractivity contribution < 1.29 is 18.8 Å². The summed E-state index contributed by atoms with van der Waals surface area (Å²) in [5, 5.41) is 4.33. The number of nitrogens with zero attached hydrogens (tertiary/aromatic N) is 2. The number of hydrogen-bond donors (Lipinski definition) is 0. The predicted molar refractivity (Wildman–Crippen MR) is 91.0 cm³/mol. The summed E-state index contributed by atoms with van der Waals surface area (Å²) in [5.41, 5.74) is 1.07. The van der Waals surface area contributed by atoms with E-state index in [0.29, 0.717) is 33.8 Å². The molecule has 0 amide bonds. The van der Waals surface area contributed by atoms with E-state index in [4.69, 9.17) is 25.6 Å². The molecule has 1 heterocycles. The Morgan fingerprint density at radius 3 is 2.68 bits per heavy atom. The molecule has 3 aromatic rings. The largest absolute Gasteiger partial charge is 0.485 e. The van der Waals surface area contributed by atoms with Crippen molar-refractivity contribution in [1.82, 2.24) is 10.1 Å². The number of hydrogen-bond acceptors (Lipinski definition) is 6. The molecule has 3 rings (SSSR count). The van der Waals surface area contributed by atoms with Crippen LogP contribution in [-0.2, 0) is 6.61 Å². The molecule has 0 N–H and O–H groups in total. The van der Waals surface area contributed by atoms with E-state index in [0.717, 1.165) is 5.56 Å². The predicted octanol–water partition coefficient (Wildman–Crippen LogP) is 4.14. The van der Waals surface area contributed by atoms with E-state index in [2.05, 4.69) is 10.1 Å². The van der Waals surface area contributed by atoms with E-state index in [1.807, 2.05) is 6.92 Å². The van der Waals surface area contributed by atoms with Crippen LogP contribution in [0.4, 0.5) is 0 Å². The van der Waals surface area contributed by atoms with Gasteiger partial charge in [0, 0.05) is 11.9 Å². The molecule has 0 aliphatic carbocycles. The van der Waals surface area contributed by atoms with Crippen molar-refractivity contribution in [3.05, 3.63) is 70.3 Å². The van der Waals surface area contributed by atoms with Crippen LogP contribution in [0.25, 0.3) is 0 Å². The van der Waals surface area contributed by atoms with Crippen LogP contribution in [0.3, 0.4) is 0 Å². The summed E-state index contributed by atoms with van der Waals surface area (Å²) >= 11 is 5.92. The quantitative estimate of drug-likeness (QED) is 0.504. The maximum Gasteiger partial charge on any atom is 0.347 e. The second-order valence-corrected chi connectivity index (χ2v) is 5.75. The number of esters is 1. The number of carbonyl (C=O) groups excluding carboxylic acids is 1. The van der Waals surface area contributed by atoms with Gasteiger partial charge in [0.25, 0.3) is 0 Å². The number of carbonyl (C=O) groups is 1. The highest BCUT2D eigenvalue weighted by molar-refractivity contribution is 6.30. The van der Waals surface area contributed by atoms with Gasteiger partial charge in [-0.1, -0.05) is 28.9 Å². The molecule has 128 valence electrons. The molecule has 6 nitrogen and oxygen atoms in total. The van der Waals surface area contributed by atoms with Gasteiger partial charge in [-0.3, -0.25) is 0 Å². The zero-order valence-electron chi connectivity index (χ0n) is 13.7. The van der Waals surface area contributed by atoms with Crippen LogP contribution < -0.4 is 9.47 Å². The van der Waals surface area contributed by atoms with Gasteiger partial charge in [0.15, 0.2) is 6.61 Å². The number of aryl methyl sites for hydroxylation is 2. The van der Waals surface area contributed by atoms with E-state index >= 15 is 0 Å². The number of aromatic nitrogens is 2. The lowest BCUT2D eigenvalue weighted by atomic mass is 10.2. The highest BCUT2D eigenvalue weighted by Gasteiger charge is 2.16. The maximum atomic E-state index is 12.5. The van der Waals surface area contributed by atoms with Crippen LogP contribution in [0, 0.1) is 13.8 Å². The molecule has 0 bridgehead atoms. The van der Waals surface area contributed by atoms with Gasteiger partial charge in [-0.15, -0.1) is 0 Å². The molecular formula is C18H15ClN2O4. The van der Waals surface area contributed by atoms with Gasteiger partial charge in [0.05, 0.1) is 0 Å². The van der Waals surface area contributed by atoms with Gasteiger partial charge in [-0.05, 0) is 42.8 Å². The summed E-state index contributed by atoms with van der Waals surface area (Å²) < 4.78 is 16.0. The Hall–Kier alpha value is -2.86. The summed E-state index contributed by atoms with van der Waals surface area (Å²) in [4.78, 5) is 16.6. The molecular weight excluding hydrogens is 344 g/mol. The van der Waals surface area contributed by atoms with Crippen molar-refractivity contribution in [3.8, 4) is 11.5 Å². The lowest BCUT2D eigenvalue weighted by molar-refractivity contribution is 0.0728. The van der Waals surface area contributed by atoms with Crippen LogP contribution in [0.2, 0.25) is 5.02 Å². The highest BCUT2D eigenvalue weighted by Crippen LogP contribution is 2.25. The molecule has 2 aromatic carbocycles. The number of ether oxygens (including phenoxy) is 2. The average molecular weight is 359 g/mol. The van der Waals surface area contributed by atoms with Gasteiger partial charge >= 0.3 is 5.97 Å². The third kappa shape index (κ3) is 4.16. The monoisotopic (exact) mass is 358 g/mol. The molecule has 0 fully saturated rings. The fourth-order valence-corrected chi connectivity index (χ4v) is 2.41. The van der Waals surface area contributed by atoms with Crippen LogP contribution in [-0.4, -0.2) is 16.1 Å². The van der Waals surface area contributed by atoms with E-state index in [-0.39, 0.29) is 6.61 Å². The fourth-order valence-electron chi connectivity index (χ4n) is 2.19. The zero-order valence-corrected chi connectivity index (χ0v) is 14.4. The molecule has 0 aliphatic rings. The standard InChI is InChI=1S/C18H15ClN2O4/c1-11-9-13(19)7-8-15(11)24-18(22)14-5-3-4-6-16(14)23-10-17-20-12(2)25-21-17/h3-9H,10H2,1-2H3. The first-order chi connectivity index (χ1) is 12.0. The molecule has 25 heavy (non-hydrogen) atoms. The molecule has 0 aliphatic heterocycles. The Morgan fingerprint density at radius 1 is 1.16 bits per heavy atom. The number of benzene rings is 2. The summed E-state index contributed by atoms with van der Waals surface area (Å²) in [6.45, 7) is 3.59. The molecule has 7 heteroatoms. The first kappa shape index (κ1) is 17.0. The van der Waals surface area contributed by atoms with E-state index < -0.39 is 5.97 Å². The molecule has 0 radical (unpaired) electrons. The summed E-state index contributed by atoms with van der Waals surface area (Å²) in [5.74, 6) is 1.14. The molecule has 0 atom stereocenters. The molecule has 1 aromatic heterocycles. The molecule has 0 spiro atoms. The molecule has 0 unspecified atom stereocenters. The minimum Gasteiger partial charge on any atom is -0.485 e. The fraction of sp³-hybridized carbons (Fsp3) is 0.167. The normalized spacial score (nSPS) is 10.5. The zero-order chi connectivity index (χ0) is 17.8.